The van der Waals surface area contributed by atoms with Gasteiger partial charge in [-0.3, -0.25) is 11.3 Å². The second-order valence-electron chi connectivity index (χ2n) is 5.41. The van der Waals surface area contributed by atoms with Crippen LogP contribution in [0.1, 0.15) is 31.2 Å². The van der Waals surface area contributed by atoms with E-state index in [-0.39, 0.29) is 24.8 Å². The van der Waals surface area contributed by atoms with E-state index in [2.05, 4.69) is 5.43 Å². The molecule has 1 unspecified atom stereocenters. The van der Waals surface area contributed by atoms with Crippen LogP contribution in [0, 0.1) is 11.7 Å². The first-order valence-electron chi connectivity index (χ1n) is 6.69. The van der Waals surface area contributed by atoms with Crippen LogP contribution in [0.2, 0.25) is 5.02 Å². The smallest absolute Gasteiger partial charge is 0.248 e. The molecule has 1 aromatic rings. The molecule has 1 atom stereocenters. The van der Waals surface area contributed by atoms with Crippen molar-refractivity contribution in [2.45, 2.75) is 44.1 Å². The minimum atomic E-state index is -2.55. The van der Waals surface area contributed by atoms with Gasteiger partial charge in [-0.05, 0) is 42.9 Å². The van der Waals surface area contributed by atoms with Gasteiger partial charge in [0.25, 0.3) is 0 Å². The second-order valence-corrected chi connectivity index (χ2v) is 5.81. The molecule has 0 bridgehead atoms. The molecule has 3 N–H and O–H groups in total. The predicted molar refractivity (Wildman–Crippen MR) is 73.1 cm³/mol. The van der Waals surface area contributed by atoms with Gasteiger partial charge in [-0.1, -0.05) is 17.7 Å². The molecule has 1 aliphatic carbocycles. The number of nitrogens with two attached hydrogens (primary N) is 1. The Hall–Kier alpha value is -0.780. The molecule has 0 saturated heterocycles. The number of alkyl halides is 2. The van der Waals surface area contributed by atoms with Crippen LogP contribution in [-0.2, 0) is 6.42 Å². The van der Waals surface area contributed by atoms with Crippen LogP contribution in [0.25, 0.3) is 0 Å². The molecule has 1 aromatic carbocycles. The summed E-state index contributed by atoms with van der Waals surface area (Å²) in [6, 6.07) is 4.07. The van der Waals surface area contributed by atoms with Crippen LogP contribution in [0.5, 0.6) is 0 Å². The monoisotopic (exact) mass is 306 g/mol. The van der Waals surface area contributed by atoms with Crippen molar-refractivity contribution < 1.29 is 13.2 Å². The van der Waals surface area contributed by atoms with Crippen LogP contribution in [0.4, 0.5) is 13.2 Å². The Kier molecular flexibility index (Phi) is 4.94. The molecule has 0 aliphatic heterocycles. The first kappa shape index (κ1) is 15.6. The fourth-order valence-corrected chi connectivity index (χ4v) is 3.00. The molecule has 0 heterocycles. The number of nitrogens with one attached hydrogen (secondary N) is 1. The van der Waals surface area contributed by atoms with Crippen LogP contribution in [-0.4, -0.2) is 12.0 Å². The Morgan fingerprint density at radius 1 is 1.35 bits per heavy atom. The van der Waals surface area contributed by atoms with Crippen LogP contribution in [0.15, 0.2) is 18.2 Å². The van der Waals surface area contributed by atoms with E-state index in [1.165, 1.54) is 12.1 Å². The fraction of sp³-hybridized carbons (Fsp3) is 0.571. The maximum Gasteiger partial charge on any atom is 0.248 e. The minimum absolute atomic E-state index is 0.0840. The molecular formula is C14H18ClF3N2. The van der Waals surface area contributed by atoms with Gasteiger partial charge in [0.15, 0.2) is 0 Å². The summed E-state index contributed by atoms with van der Waals surface area (Å²) in [6.45, 7) is 0. The summed E-state index contributed by atoms with van der Waals surface area (Å²) in [5.41, 5.74) is 3.46. The van der Waals surface area contributed by atoms with E-state index in [1.807, 2.05) is 0 Å². The fourth-order valence-electron chi connectivity index (χ4n) is 2.75. The van der Waals surface area contributed by atoms with E-state index in [0.29, 0.717) is 24.3 Å². The van der Waals surface area contributed by atoms with Crippen molar-refractivity contribution in [3.63, 3.8) is 0 Å². The van der Waals surface area contributed by atoms with Crippen molar-refractivity contribution in [3.05, 3.63) is 34.6 Å². The average Bonchev–Trinajstić information content (AvgIpc) is 2.39. The van der Waals surface area contributed by atoms with Crippen LogP contribution < -0.4 is 11.3 Å². The Morgan fingerprint density at radius 3 is 2.55 bits per heavy atom. The highest BCUT2D eigenvalue weighted by Crippen LogP contribution is 2.38. The SMILES string of the molecule is NNC(Cc1ccc(F)cc1Cl)C1CCC(F)(F)CC1. The quantitative estimate of drug-likeness (QED) is 0.658. The van der Waals surface area contributed by atoms with Crippen molar-refractivity contribution in [3.8, 4) is 0 Å². The molecule has 6 heteroatoms. The number of hydrogen-bond acceptors (Lipinski definition) is 2. The van der Waals surface area contributed by atoms with Gasteiger partial charge in [0.1, 0.15) is 5.82 Å². The highest BCUT2D eigenvalue weighted by atomic mass is 35.5. The summed E-state index contributed by atoms with van der Waals surface area (Å²) in [4.78, 5) is 0. The van der Waals surface area contributed by atoms with E-state index >= 15 is 0 Å². The lowest BCUT2D eigenvalue weighted by molar-refractivity contribution is -0.0495. The largest absolute Gasteiger partial charge is 0.271 e. The third-order valence-electron chi connectivity index (χ3n) is 4.00. The van der Waals surface area contributed by atoms with Crippen molar-refractivity contribution in [1.29, 1.82) is 0 Å². The summed E-state index contributed by atoms with van der Waals surface area (Å²) in [6.07, 6.45) is 1.16. The van der Waals surface area contributed by atoms with Crippen LogP contribution in [0.3, 0.4) is 0 Å². The lowest BCUT2D eigenvalue weighted by Crippen LogP contribution is -2.44. The topological polar surface area (TPSA) is 38.0 Å². The normalized spacial score (nSPS) is 20.9. The van der Waals surface area contributed by atoms with Crippen LogP contribution >= 0.6 is 11.6 Å². The summed E-state index contributed by atoms with van der Waals surface area (Å²) in [7, 11) is 0. The van der Waals surface area contributed by atoms with Gasteiger partial charge < -0.3 is 0 Å². The van der Waals surface area contributed by atoms with Gasteiger partial charge in [-0.15, -0.1) is 0 Å². The summed E-state index contributed by atoms with van der Waals surface area (Å²) in [5.74, 6) is 2.68. The zero-order valence-electron chi connectivity index (χ0n) is 11.0. The first-order chi connectivity index (χ1) is 9.41. The van der Waals surface area contributed by atoms with Gasteiger partial charge in [0.05, 0.1) is 0 Å². The molecular weight excluding hydrogens is 289 g/mol. The average molecular weight is 307 g/mol. The molecule has 0 aromatic heterocycles. The number of hydrogen-bond donors (Lipinski definition) is 2. The van der Waals surface area contributed by atoms with E-state index in [9.17, 15) is 13.2 Å². The first-order valence-corrected chi connectivity index (χ1v) is 7.07. The lowest BCUT2D eigenvalue weighted by atomic mass is 9.80. The van der Waals surface area contributed by atoms with Gasteiger partial charge in [0.2, 0.25) is 5.92 Å². The van der Waals surface area contributed by atoms with E-state index in [1.54, 1.807) is 6.07 Å². The minimum Gasteiger partial charge on any atom is -0.271 e. The zero-order chi connectivity index (χ0) is 14.8. The summed E-state index contributed by atoms with van der Waals surface area (Å²) in [5, 5.41) is 0.339. The van der Waals surface area contributed by atoms with Crippen molar-refractivity contribution in [2.24, 2.45) is 11.8 Å². The maximum absolute atomic E-state index is 13.2. The third-order valence-corrected chi connectivity index (χ3v) is 4.35. The molecule has 2 nitrogen and oxygen atoms in total. The number of halogens is 4. The summed E-state index contributed by atoms with van der Waals surface area (Å²) < 4.78 is 39.3. The highest BCUT2D eigenvalue weighted by Gasteiger charge is 2.37. The Morgan fingerprint density at radius 2 is 2.00 bits per heavy atom. The van der Waals surface area contributed by atoms with Crippen molar-refractivity contribution >= 4 is 11.6 Å². The van der Waals surface area contributed by atoms with Crippen molar-refractivity contribution in [2.75, 3.05) is 0 Å². The third kappa shape index (κ3) is 3.87. The van der Waals surface area contributed by atoms with Gasteiger partial charge in [0, 0.05) is 23.9 Å². The van der Waals surface area contributed by atoms with E-state index in [0.717, 1.165) is 5.56 Å². The van der Waals surface area contributed by atoms with Gasteiger partial charge in [-0.2, -0.15) is 0 Å². The Bertz CT molecular complexity index is 458. The molecule has 2 rings (SSSR count). The van der Waals surface area contributed by atoms with E-state index < -0.39 is 11.7 Å². The zero-order valence-corrected chi connectivity index (χ0v) is 11.8. The molecule has 0 amide bonds. The Labute approximate surface area is 121 Å². The van der Waals surface area contributed by atoms with Gasteiger partial charge >= 0.3 is 0 Å². The van der Waals surface area contributed by atoms with Gasteiger partial charge in [-0.25, -0.2) is 13.2 Å². The lowest BCUT2D eigenvalue weighted by Gasteiger charge is -2.33. The van der Waals surface area contributed by atoms with Crippen molar-refractivity contribution in [1.82, 2.24) is 5.43 Å². The molecule has 1 saturated carbocycles. The molecule has 1 aliphatic rings. The maximum atomic E-state index is 13.2. The second kappa shape index (κ2) is 6.33. The standard InChI is InChI=1S/C14H18ClF3N2/c15-12-8-11(16)2-1-10(12)7-13(20-19)9-3-5-14(17,18)6-4-9/h1-2,8-9,13,20H,3-7,19H2. The number of benzene rings is 1. The number of hydrazine groups is 1. The Balaban J connectivity index is 2.02. The molecule has 0 radical (unpaired) electrons. The molecule has 0 spiro atoms. The molecule has 112 valence electrons. The van der Waals surface area contributed by atoms with E-state index in [4.69, 9.17) is 17.4 Å². The predicted octanol–water partition coefficient (Wildman–Crippen LogP) is 3.68. The molecule has 1 fully saturated rings. The summed E-state index contributed by atoms with van der Waals surface area (Å²) >= 11 is 5.99. The number of rotatable bonds is 4. The highest BCUT2D eigenvalue weighted by molar-refractivity contribution is 6.31. The molecule has 20 heavy (non-hydrogen) atoms.